The first-order valence-corrected chi connectivity index (χ1v) is 17.9. The van der Waals surface area contributed by atoms with Gasteiger partial charge < -0.3 is 15.0 Å². The molecule has 0 aliphatic heterocycles. The second-order valence-electron chi connectivity index (χ2n) is 11.8. The maximum absolute atomic E-state index is 13.2. The van der Waals surface area contributed by atoms with Crippen molar-refractivity contribution in [3.8, 4) is 5.75 Å². The molecule has 47 heavy (non-hydrogen) atoms. The number of amides is 1. The van der Waals surface area contributed by atoms with E-state index in [1.54, 1.807) is 12.1 Å². The number of hydrogen-bond acceptors (Lipinski definition) is 5. The van der Waals surface area contributed by atoms with Crippen molar-refractivity contribution in [2.24, 2.45) is 0 Å². The number of carbonyl (C=O) groups excluding carboxylic acids is 2. The molecule has 1 aliphatic carbocycles. The van der Waals surface area contributed by atoms with Gasteiger partial charge in [0.25, 0.3) is 5.91 Å². The zero-order valence-corrected chi connectivity index (χ0v) is 27.7. The van der Waals surface area contributed by atoms with Crippen LogP contribution in [0.15, 0.2) is 91.0 Å². The van der Waals surface area contributed by atoms with Crippen molar-refractivity contribution in [1.29, 1.82) is 0 Å². The number of nitrogens with zero attached hydrogens (tertiary/aromatic N) is 1. The molecule has 0 unspecified atom stereocenters. The van der Waals surface area contributed by atoms with Crippen LogP contribution in [0.1, 0.15) is 55.9 Å². The summed E-state index contributed by atoms with van der Waals surface area (Å²) in [6.45, 7) is 0.154. The molecule has 0 saturated carbocycles. The Morgan fingerprint density at radius 2 is 1.70 bits per heavy atom. The number of nitrogens with one attached hydrogen (secondary N) is 2. The fraction of sp³-hybridized carbons (Fsp3) is 0.243. The van der Waals surface area contributed by atoms with E-state index in [2.05, 4.69) is 16.4 Å². The molecule has 1 heterocycles. The Balaban J connectivity index is 1.09. The molecule has 8 nitrogen and oxygen atoms in total. The molecule has 0 fully saturated rings. The summed E-state index contributed by atoms with van der Waals surface area (Å²) in [5.74, 6) is -0.000776. The zero-order valence-electron chi connectivity index (χ0n) is 26.1. The third kappa shape index (κ3) is 7.53. The number of fused-ring (bicyclic) bond motifs is 3. The number of anilines is 1. The van der Waals surface area contributed by atoms with E-state index in [-0.39, 0.29) is 41.1 Å². The fourth-order valence-electron chi connectivity index (χ4n) is 6.09. The van der Waals surface area contributed by atoms with Crippen LogP contribution in [0.5, 0.6) is 5.75 Å². The van der Waals surface area contributed by atoms with Crippen LogP contribution >= 0.6 is 11.6 Å². The van der Waals surface area contributed by atoms with Crippen LogP contribution < -0.4 is 14.4 Å². The van der Waals surface area contributed by atoms with Gasteiger partial charge in [0.1, 0.15) is 5.75 Å². The average molecular weight is 670 g/mol. The Kier molecular flexibility index (Phi) is 9.66. The Labute approximate surface area is 279 Å². The number of aromatic amines is 1. The van der Waals surface area contributed by atoms with Crippen molar-refractivity contribution in [1.82, 2.24) is 10.3 Å². The number of sulfonamides is 1. The quantitative estimate of drug-likeness (QED) is 0.141. The van der Waals surface area contributed by atoms with Gasteiger partial charge in [0.2, 0.25) is 10.0 Å². The first-order chi connectivity index (χ1) is 22.7. The minimum Gasteiger partial charge on any atom is -0.493 e. The number of H-pyrrole nitrogens is 1. The molecule has 6 rings (SSSR count). The summed E-state index contributed by atoms with van der Waals surface area (Å²) in [6.07, 6.45) is 6.22. The zero-order chi connectivity index (χ0) is 33.0. The minimum atomic E-state index is -3.73. The van der Waals surface area contributed by atoms with E-state index in [1.807, 2.05) is 54.6 Å². The maximum Gasteiger partial charge on any atom is 0.251 e. The van der Waals surface area contributed by atoms with Crippen molar-refractivity contribution in [2.45, 2.75) is 38.6 Å². The second-order valence-corrected chi connectivity index (χ2v) is 14.1. The lowest BCUT2D eigenvalue weighted by atomic mass is 9.96. The first kappa shape index (κ1) is 32.3. The van der Waals surface area contributed by atoms with Crippen LogP contribution in [0, 0.1) is 0 Å². The van der Waals surface area contributed by atoms with Gasteiger partial charge in [-0.15, -0.1) is 0 Å². The Hall–Kier alpha value is -4.60. The number of ether oxygens (including phenoxy) is 1. The van der Waals surface area contributed by atoms with Gasteiger partial charge >= 0.3 is 0 Å². The molecule has 0 bridgehead atoms. The van der Waals surface area contributed by atoms with Gasteiger partial charge in [0, 0.05) is 40.2 Å². The molecule has 10 heteroatoms. The number of hydrogen-bond donors (Lipinski definition) is 2. The summed E-state index contributed by atoms with van der Waals surface area (Å²) in [7, 11) is -3.73. The number of rotatable bonds is 12. The number of aromatic nitrogens is 1. The summed E-state index contributed by atoms with van der Waals surface area (Å²) in [5.41, 5.74) is 6.29. The third-order valence-electron chi connectivity index (χ3n) is 8.49. The van der Waals surface area contributed by atoms with Crippen LogP contribution in [-0.2, 0) is 35.8 Å². The lowest BCUT2D eigenvalue weighted by molar-refractivity contribution is 0.0903. The SMILES string of the molecule is CS(=O)(=O)N(Cc1ccccc1)c1cc(C(=O)CNC(=O)c2ccccc2CCOc2ccc3c4c([nH]c3c2)CCCC4)ccc1Cl. The highest BCUT2D eigenvalue weighted by Crippen LogP contribution is 2.32. The highest BCUT2D eigenvalue weighted by molar-refractivity contribution is 7.92. The third-order valence-corrected chi connectivity index (χ3v) is 9.93. The molecule has 5 aromatic rings. The van der Waals surface area contributed by atoms with Gasteiger partial charge in [-0.1, -0.05) is 60.1 Å². The minimum absolute atomic E-state index is 0.0523. The van der Waals surface area contributed by atoms with E-state index >= 15 is 0 Å². The van der Waals surface area contributed by atoms with Gasteiger partial charge in [-0.05, 0) is 78.8 Å². The van der Waals surface area contributed by atoms with Gasteiger partial charge in [0.05, 0.1) is 36.7 Å². The van der Waals surface area contributed by atoms with Gasteiger partial charge in [-0.3, -0.25) is 13.9 Å². The van der Waals surface area contributed by atoms with E-state index in [1.165, 1.54) is 52.0 Å². The Bertz CT molecular complexity index is 2040. The number of ketones is 1. The summed E-state index contributed by atoms with van der Waals surface area (Å²) in [5, 5.41) is 4.18. The summed E-state index contributed by atoms with van der Waals surface area (Å²) < 4.78 is 32.7. The van der Waals surface area contributed by atoms with Crippen LogP contribution in [0.25, 0.3) is 10.9 Å². The van der Waals surface area contributed by atoms with E-state index in [0.717, 1.165) is 41.5 Å². The summed E-state index contributed by atoms with van der Waals surface area (Å²) in [4.78, 5) is 30.0. The molecule has 0 saturated heterocycles. The molecule has 1 aliphatic rings. The van der Waals surface area contributed by atoms with Crippen molar-refractivity contribution in [3.63, 3.8) is 0 Å². The Morgan fingerprint density at radius 3 is 2.51 bits per heavy atom. The molecule has 0 radical (unpaired) electrons. The van der Waals surface area contributed by atoms with Crippen molar-refractivity contribution in [2.75, 3.05) is 23.7 Å². The lowest BCUT2D eigenvalue weighted by Crippen LogP contribution is -2.31. The molecule has 4 aromatic carbocycles. The molecular formula is C37H36ClN3O5S. The van der Waals surface area contributed by atoms with Crippen molar-refractivity contribution in [3.05, 3.63) is 130 Å². The molecular weight excluding hydrogens is 634 g/mol. The summed E-state index contributed by atoms with van der Waals surface area (Å²) in [6, 6.07) is 27.0. The number of carbonyl (C=O) groups is 2. The normalized spacial score (nSPS) is 12.8. The first-order valence-electron chi connectivity index (χ1n) is 15.6. The predicted octanol–water partition coefficient (Wildman–Crippen LogP) is 6.90. The molecule has 0 spiro atoms. The van der Waals surface area contributed by atoms with E-state index in [9.17, 15) is 18.0 Å². The van der Waals surface area contributed by atoms with Crippen molar-refractivity contribution < 1.29 is 22.7 Å². The van der Waals surface area contributed by atoms with Crippen LogP contribution in [0.3, 0.4) is 0 Å². The average Bonchev–Trinajstić information content (AvgIpc) is 3.44. The van der Waals surface area contributed by atoms with Crippen LogP contribution in [0.2, 0.25) is 5.02 Å². The molecule has 2 N–H and O–H groups in total. The molecule has 242 valence electrons. The smallest absolute Gasteiger partial charge is 0.251 e. The van der Waals surface area contributed by atoms with Gasteiger partial charge in [-0.2, -0.15) is 0 Å². The lowest BCUT2D eigenvalue weighted by Gasteiger charge is -2.24. The van der Waals surface area contributed by atoms with Crippen molar-refractivity contribution >= 4 is 49.9 Å². The number of Topliss-reactive ketones (excluding diaryl/α,β-unsaturated/α-hetero) is 1. The number of benzene rings is 4. The molecule has 1 aromatic heterocycles. The Morgan fingerprint density at radius 1 is 0.936 bits per heavy atom. The topological polar surface area (TPSA) is 109 Å². The second kappa shape index (κ2) is 14.0. The standard InChI is InChI=1S/C37H36ClN3O5S/c1-47(44,45)41(24-25-9-3-2-4-10-25)35-21-27(15-18-32(35)38)36(42)23-39-37(43)29-12-6-5-11-26(29)19-20-46-28-16-17-31-30-13-7-8-14-33(30)40-34(31)22-28/h2-6,9-12,15-18,21-22,40H,7-8,13-14,19-20,23-24H2,1H3,(H,39,43). The van der Waals surface area contributed by atoms with E-state index in [0.29, 0.717) is 18.6 Å². The monoisotopic (exact) mass is 669 g/mol. The van der Waals surface area contributed by atoms with E-state index in [4.69, 9.17) is 16.3 Å². The molecule has 0 atom stereocenters. The van der Waals surface area contributed by atoms with E-state index < -0.39 is 10.0 Å². The largest absolute Gasteiger partial charge is 0.493 e. The highest BCUT2D eigenvalue weighted by atomic mass is 35.5. The maximum atomic E-state index is 13.2. The predicted molar refractivity (Wildman–Crippen MR) is 186 cm³/mol. The number of aryl methyl sites for hydroxylation is 2. The van der Waals surface area contributed by atoms with Gasteiger partial charge in [0.15, 0.2) is 5.78 Å². The fourth-order valence-corrected chi connectivity index (χ4v) is 7.25. The number of halogens is 1. The van der Waals surface area contributed by atoms with Crippen LogP contribution in [-0.4, -0.2) is 44.5 Å². The van der Waals surface area contributed by atoms with Gasteiger partial charge in [-0.25, -0.2) is 8.42 Å². The molecule has 1 amide bonds. The van der Waals surface area contributed by atoms with Crippen LogP contribution in [0.4, 0.5) is 5.69 Å². The highest BCUT2D eigenvalue weighted by Gasteiger charge is 2.23. The summed E-state index contributed by atoms with van der Waals surface area (Å²) >= 11 is 6.42.